The second-order valence-corrected chi connectivity index (χ2v) is 12.8. The van der Waals surface area contributed by atoms with Crippen LogP contribution in [0.15, 0.2) is 11.1 Å². The summed E-state index contributed by atoms with van der Waals surface area (Å²) in [6, 6.07) is -1.02. The number of amides is 1. The zero-order chi connectivity index (χ0) is 31.0. The Kier molecular flexibility index (Phi) is 7.76. The van der Waals surface area contributed by atoms with Gasteiger partial charge in [-0.15, -0.1) is 0 Å². The van der Waals surface area contributed by atoms with Gasteiger partial charge in [0.15, 0.2) is 11.9 Å². The van der Waals surface area contributed by atoms with Gasteiger partial charge in [-0.1, -0.05) is 13.8 Å². The van der Waals surface area contributed by atoms with E-state index in [1.54, 1.807) is 13.8 Å². The number of esters is 2. The lowest BCUT2D eigenvalue weighted by molar-refractivity contribution is -0.345. The summed E-state index contributed by atoms with van der Waals surface area (Å²) < 4.78 is 16.9. The lowest BCUT2D eigenvalue weighted by Gasteiger charge is -2.66. The van der Waals surface area contributed by atoms with Crippen LogP contribution in [0.1, 0.15) is 61.3 Å². The van der Waals surface area contributed by atoms with Gasteiger partial charge < -0.3 is 45.1 Å². The van der Waals surface area contributed by atoms with Crippen molar-refractivity contribution in [3.05, 3.63) is 11.1 Å². The number of ether oxygens (including phenoxy) is 3. The average Bonchev–Trinajstić information content (AvgIpc) is 2.85. The van der Waals surface area contributed by atoms with E-state index < -0.39 is 101 Å². The molecule has 1 saturated heterocycles. The summed E-state index contributed by atoms with van der Waals surface area (Å²) >= 11 is 0. The summed E-state index contributed by atoms with van der Waals surface area (Å²) in [4.78, 5) is 51.1. The molecule has 2 saturated carbocycles. The summed E-state index contributed by atoms with van der Waals surface area (Å²) in [7, 11) is 0. The van der Waals surface area contributed by atoms with E-state index in [1.165, 1.54) is 27.7 Å². The van der Waals surface area contributed by atoms with E-state index in [0.717, 1.165) is 6.92 Å². The van der Waals surface area contributed by atoms with Gasteiger partial charge in [0.05, 0.1) is 30.3 Å². The fourth-order valence-electron chi connectivity index (χ4n) is 7.61. The molecule has 2 unspecified atom stereocenters. The normalized spacial score (nSPS) is 42.8. The van der Waals surface area contributed by atoms with Crippen molar-refractivity contribution in [3.63, 3.8) is 0 Å². The van der Waals surface area contributed by atoms with E-state index in [2.05, 4.69) is 5.32 Å². The first-order valence-electron chi connectivity index (χ1n) is 13.8. The predicted octanol–water partition coefficient (Wildman–Crippen LogP) is -1.35. The largest absolute Gasteiger partial charge is 0.459 e. The Morgan fingerprint density at radius 3 is 2.22 bits per heavy atom. The molecule has 4 rings (SSSR count). The zero-order valence-corrected chi connectivity index (χ0v) is 24.3. The maximum atomic E-state index is 14.2. The van der Waals surface area contributed by atoms with Gasteiger partial charge in [0.25, 0.3) is 0 Å². The van der Waals surface area contributed by atoms with Crippen molar-refractivity contribution in [2.45, 2.75) is 115 Å². The molecule has 2 bridgehead atoms. The number of hydrogen-bond donors (Lipinski definition) is 6. The smallest absolute Gasteiger partial charge is 0.337 e. The number of ketones is 1. The van der Waals surface area contributed by atoms with Crippen molar-refractivity contribution in [2.75, 3.05) is 6.61 Å². The van der Waals surface area contributed by atoms with Crippen LogP contribution < -0.4 is 5.32 Å². The Morgan fingerprint density at radius 2 is 1.71 bits per heavy atom. The van der Waals surface area contributed by atoms with Crippen LogP contribution >= 0.6 is 0 Å². The Labute approximate surface area is 237 Å². The van der Waals surface area contributed by atoms with Crippen molar-refractivity contribution in [2.24, 2.45) is 16.7 Å². The second-order valence-electron chi connectivity index (χ2n) is 12.8. The molecule has 13 heteroatoms. The highest BCUT2D eigenvalue weighted by molar-refractivity contribution is 5.93. The van der Waals surface area contributed by atoms with Crippen LogP contribution in [0.3, 0.4) is 0 Å². The third kappa shape index (κ3) is 4.43. The van der Waals surface area contributed by atoms with E-state index in [4.69, 9.17) is 14.2 Å². The number of Topliss-reactive ketones (excluding diaryl/α,β-unsaturated/α-hetero) is 1. The van der Waals surface area contributed by atoms with Crippen LogP contribution in [0.4, 0.5) is 0 Å². The summed E-state index contributed by atoms with van der Waals surface area (Å²) in [5, 5.41) is 60.2. The number of hydrogen-bond acceptors (Lipinski definition) is 12. The zero-order valence-electron chi connectivity index (χ0n) is 24.3. The molecular formula is C28H41NO12. The van der Waals surface area contributed by atoms with Gasteiger partial charge in [-0.05, 0) is 31.9 Å². The van der Waals surface area contributed by atoms with Gasteiger partial charge in [0.2, 0.25) is 5.91 Å². The molecule has 13 nitrogen and oxygen atoms in total. The average molecular weight is 584 g/mol. The van der Waals surface area contributed by atoms with Crippen molar-refractivity contribution in [1.29, 1.82) is 0 Å². The Hall–Kier alpha value is -2.42. The van der Waals surface area contributed by atoms with Gasteiger partial charge in [0, 0.05) is 38.0 Å². The molecule has 3 aliphatic carbocycles. The molecule has 1 amide bonds. The monoisotopic (exact) mass is 583 g/mol. The first kappa shape index (κ1) is 31.5. The second kappa shape index (κ2) is 10.1. The molecule has 41 heavy (non-hydrogen) atoms. The van der Waals surface area contributed by atoms with E-state index in [-0.39, 0.29) is 24.2 Å². The predicted molar refractivity (Wildman–Crippen MR) is 139 cm³/mol. The number of rotatable bonds is 5. The van der Waals surface area contributed by atoms with Crippen molar-refractivity contribution >= 4 is 23.6 Å². The Bertz CT molecular complexity index is 1180. The van der Waals surface area contributed by atoms with Crippen LogP contribution in [0, 0.1) is 16.7 Å². The number of aliphatic hydroxyl groups excluding tert-OH is 3. The Morgan fingerprint density at radius 1 is 1.10 bits per heavy atom. The molecule has 4 aliphatic rings. The maximum absolute atomic E-state index is 14.2. The standard InChI is InChI=1S/C28H41NO12/c1-11-15(41-24(36)19(33)12(2)29-13(3)30)9-28(38)23(40-14(4)31)21-26(7,16(32)8-17-27(21,37)10-39-17)22(35)20(34)18(11)25(28,5)6/h12,15-17,19-21,23,32-34,37-38H,8-10H2,1-7H3,(H,29,30)/t12-,15-,16?,17?,19+,20+,21-,23-,26+,27-,28+/m0/s1. The van der Waals surface area contributed by atoms with Crippen LogP contribution in [-0.4, -0.2) is 110 Å². The number of carbonyl (C=O) groups excluding carboxylic acids is 4. The summed E-state index contributed by atoms with van der Waals surface area (Å²) in [5.74, 6) is -4.74. The minimum absolute atomic E-state index is 0.00134. The molecule has 0 aromatic rings. The number of nitrogens with one attached hydrogen (secondary N) is 1. The van der Waals surface area contributed by atoms with Crippen molar-refractivity contribution in [3.8, 4) is 0 Å². The molecule has 1 heterocycles. The Balaban J connectivity index is 1.90. The number of fused-ring (bicyclic) bond motifs is 5. The highest BCUT2D eigenvalue weighted by atomic mass is 16.6. The molecule has 0 radical (unpaired) electrons. The van der Waals surface area contributed by atoms with Crippen LogP contribution in [0.25, 0.3) is 0 Å². The molecule has 0 aromatic heterocycles. The number of carbonyl (C=O) groups is 4. The molecule has 230 valence electrons. The number of aliphatic hydroxyl groups is 5. The molecular weight excluding hydrogens is 542 g/mol. The first-order chi connectivity index (χ1) is 18.7. The van der Waals surface area contributed by atoms with Gasteiger partial charge in [-0.3, -0.25) is 14.4 Å². The lowest BCUT2D eigenvalue weighted by atomic mass is 9.45. The summed E-state index contributed by atoms with van der Waals surface area (Å²) in [5.41, 5.74) is -7.12. The quantitative estimate of drug-likeness (QED) is 0.164. The third-order valence-corrected chi connectivity index (χ3v) is 10.1. The molecule has 0 spiro atoms. The summed E-state index contributed by atoms with van der Waals surface area (Å²) in [6.45, 7) is 9.42. The highest BCUT2D eigenvalue weighted by Crippen LogP contribution is 2.63. The van der Waals surface area contributed by atoms with Crippen LogP contribution in [0.5, 0.6) is 0 Å². The van der Waals surface area contributed by atoms with Crippen molar-refractivity contribution in [1.82, 2.24) is 5.32 Å². The van der Waals surface area contributed by atoms with Gasteiger partial charge in [-0.25, -0.2) is 4.79 Å². The molecule has 1 aliphatic heterocycles. The van der Waals surface area contributed by atoms with Crippen LogP contribution in [-0.2, 0) is 33.4 Å². The van der Waals surface area contributed by atoms with Gasteiger partial charge >= 0.3 is 11.9 Å². The molecule has 11 atom stereocenters. The molecule has 3 fully saturated rings. The minimum atomic E-state index is -2.17. The minimum Gasteiger partial charge on any atom is -0.459 e. The van der Waals surface area contributed by atoms with Gasteiger partial charge in [-0.2, -0.15) is 0 Å². The first-order valence-corrected chi connectivity index (χ1v) is 13.8. The topological polar surface area (TPSA) is 209 Å². The summed E-state index contributed by atoms with van der Waals surface area (Å²) in [6.07, 6.45) is -9.51. The van der Waals surface area contributed by atoms with Crippen molar-refractivity contribution < 1.29 is 58.9 Å². The highest BCUT2D eigenvalue weighted by Gasteiger charge is 2.76. The SMILES string of the molecule is CC(=O)N[C@@H](C)[C@@H](O)C(=O)O[C@H]1C[C@@]2(O)[C@@H](OC(C)=O)[C@@H]3[C@]4(O)COC4CC(O)[C@@]3(C)C(=O)[C@H](O)C(=C1C)C2(C)C. The fraction of sp³-hybridized carbons (Fsp3) is 0.786. The third-order valence-electron chi connectivity index (χ3n) is 10.1. The lowest BCUT2D eigenvalue weighted by Crippen LogP contribution is -2.81. The van der Waals surface area contributed by atoms with E-state index >= 15 is 0 Å². The van der Waals surface area contributed by atoms with Gasteiger partial charge in [0.1, 0.15) is 29.5 Å². The van der Waals surface area contributed by atoms with E-state index in [0.29, 0.717) is 0 Å². The van der Waals surface area contributed by atoms with E-state index in [9.17, 15) is 44.7 Å². The maximum Gasteiger partial charge on any atom is 0.337 e. The fourth-order valence-corrected chi connectivity index (χ4v) is 7.61. The molecule has 6 N–H and O–H groups in total. The van der Waals surface area contributed by atoms with E-state index in [1.807, 2.05) is 0 Å². The van der Waals surface area contributed by atoms with Crippen LogP contribution in [0.2, 0.25) is 0 Å². The molecule has 0 aromatic carbocycles.